The minimum atomic E-state index is -1.54. The third-order valence-corrected chi connectivity index (χ3v) is 9.49. The molecule has 0 aliphatic rings. The van der Waals surface area contributed by atoms with Gasteiger partial charge in [-0.15, -0.1) is 0 Å². The summed E-state index contributed by atoms with van der Waals surface area (Å²) in [6.45, 7) is 7.08. The van der Waals surface area contributed by atoms with Crippen molar-refractivity contribution in [2.75, 3.05) is 0 Å². The number of fused-ring (bicyclic) bond motifs is 3. The lowest BCUT2D eigenvalue weighted by atomic mass is 10.0. The van der Waals surface area contributed by atoms with E-state index in [2.05, 4.69) is 80.3 Å². The molecule has 2 aromatic heterocycles. The Morgan fingerprint density at radius 2 is 0.976 bits per heavy atom. The van der Waals surface area contributed by atoms with E-state index in [0.717, 1.165) is 44.4 Å². The molecule has 5 heteroatoms. The van der Waals surface area contributed by atoms with Gasteiger partial charge in [0.05, 0.1) is 8.07 Å². The Bertz CT molecular complexity index is 1950. The van der Waals surface area contributed by atoms with Gasteiger partial charge in [0.2, 0.25) is 0 Å². The van der Waals surface area contributed by atoms with Gasteiger partial charge in [-0.2, -0.15) is 0 Å². The summed E-state index contributed by atoms with van der Waals surface area (Å²) in [6, 6.07) is 41.6. The van der Waals surface area contributed by atoms with Crippen LogP contribution in [0.2, 0.25) is 19.6 Å². The van der Waals surface area contributed by atoms with Crippen molar-refractivity contribution in [3.05, 3.63) is 121 Å². The lowest BCUT2D eigenvalue weighted by Gasteiger charge is -2.16. The van der Waals surface area contributed by atoms with Crippen LogP contribution in [0.5, 0.6) is 0 Å². The molecule has 0 spiro atoms. The second-order valence-corrected chi connectivity index (χ2v) is 16.4. The first kappa shape index (κ1) is 25.1. The molecule has 0 radical (unpaired) electrons. The van der Waals surface area contributed by atoms with Crippen LogP contribution < -0.4 is 5.19 Å². The van der Waals surface area contributed by atoms with Crippen LogP contribution in [0, 0.1) is 0 Å². The summed E-state index contributed by atoms with van der Waals surface area (Å²) in [7, 11) is -1.54. The minimum Gasteiger partial charge on any atom is -0.456 e. The molecule has 198 valence electrons. The number of aromatic nitrogens is 3. The van der Waals surface area contributed by atoms with Crippen molar-refractivity contribution in [1.29, 1.82) is 0 Å². The first-order valence-corrected chi connectivity index (χ1v) is 17.4. The molecule has 0 fully saturated rings. The van der Waals surface area contributed by atoms with Crippen molar-refractivity contribution in [2.24, 2.45) is 0 Å². The van der Waals surface area contributed by atoms with Crippen LogP contribution in [0.3, 0.4) is 0 Å². The molecule has 4 nitrogen and oxygen atoms in total. The third kappa shape index (κ3) is 4.75. The molecule has 5 aromatic carbocycles. The number of para-hydroxylation sites is 1. The van der Waals surface area contributed by atoms with Crippen LogP contribution in [0.4, 0.5) is 0 Å². The molecule has 0 saturated heterocycles. The van der Waals surface area contributed by atoms with Gasteiger partial charge in [0.25, 0.3) is 0 Å². The second-order valence-electron chi connectivity index (χ2n) is 11.4. The average molecular weight is 548 g/mol. The van der Waals surface area contributed by atoms with E-state index in [1.54, 1.807) is 0 Å². The van der Waals surface area contributed by atoms with Crippen molar-refractivity contribution >= 4 is 35.2 Å². The maximum absolute atomic E-state index is 6.48. The van der Waals surface area contributed by atoms with Crippen LogP contribution in [0.15, 0.2) is 126 Å². The number of nitrogens with zero attached hydrogens (tertiary/aromatic N) is 3. The fourth-order valence-electron chi connectivity index (χ4n) is 5.32. The van der Waals surface area contributed by atoms with Crippen molar-refractivity contribution < 1.29 is 4.42 Å². The van der Waals surface area contributed by atoms with Crippen LogP contribution in [0.1, 0.15) is 0 Å². The zero-order valence-electron chi connectivity index (χ0n) is 23.3. The van der Waals surface area contributed by atoms with Gasteiger partial charge in [0, 0.05) is 27.5 Å². The third-order valence-electron chi connectivity index (χ3n) is 7.48. The molecule has 7 aromatic rings. The van der Waals surface area contributed by atoms with E-state index >= 15 is 0 Å². The fraction of sp³-hybridized carbons (Fsp3) is 0.0833. The quantitative estimate of drug-likeness (QED) is 0.202. The SMILES string of the molecule is C[Si](C)(C)c1cccc2c1oc1cc(-c3ccc(-c4nc(-c5ccccc5)nc(-c5ccccc5)n4)cc3)ccc12. The summed E-state index contributed by atoms with van der Waals surface area (Å²) in [4.78, 5) is 14.5. The molecule has 41 heavy (non-hydrogen) atoms. The summed E-state index contributed by atoms with van der Waals surface area (Å²) < 4.78 is 6.48. The van der Waals surface area contributed by atoms with E-state index in [1.807, 2.05) is 60.7 Å². The summed E-state index contributed by atoms with van der Waals surface area (Å²) in [5.74, 6) is 1.97. The van der Waals surface area contributed by atoms with E-state index in [4.69, 9.17) is 19.4 Å². The van der Waals surface area contributed by atoms with Crippen LogP contribution in [-0.2, 0) is 0 Å². The monoisotopic (exact) mass is 547 g/mol. The number of hydrogen-bond donors (Lipinski definition) is 0. The van der Waals surface area contributed by atoms with Crippen molar-refractivity contribution in [2.45, 2.75) is 19.6 Å². The molecule has 0 aliphatic heterocycles. The van der Waals surface area contributed by atoms with Gasteiger partial charge in [-0.3, -0.25) is 0 Å². The Morgan fingerprint density at radius 3 is 1.54 bits per heavy atom. The first-order chi connectivity index (χ1) is 19.9. The largest absolute Gasteiger partial charge is 0.456 e. The summed E-state index contributed by atoms with van der Waals surface area (Å²) >= 11 is 0. The van der Waals surface area contributed by atoms with E-state index in [0.29, 0.717) is 17.5 Å². The number of hydrogen-bond acceptors (Lipinski definition) is 4. The van der Waals surface area contributed by atoms with Crippen molar-refractivity contribution in [3.63, 3.8) is 0 Å². The highest BCUT2D eigenvalue weighted by atomic mass is 28.3. The molecule has 0 saturated carbocycles. The summed E-state index contributed by atoms with van der Waals surface area (Å²) in [5, 5.41) is 3.71. The lowest BCUT2D eigenvalue weighted by molar-refractivity contribution is 0.671. The Kier molecular flexibility index (Phi) is 6.09. The van der Waals surface area contributed by atoms with Crippen molar-refractivity contribution in [3.8, 4) is 45.3 Å². The van der Waals surface area contributed by atoms with E-state index < -0.39 is 8.07 Å². The Balaban J connectivity index is 1.28. The molecule has 0 bridgehead atoms. The smallest absolute Gasteiger partial charge is 0.164 e. The van der Waals surface area contributed by atoms with E-state index in [9.17, 15) is 0 Å². The molecule has 2 heterocycles. The average Bonchev–Trinajstić information content (AvgIpc) is 3.39. The van der Waals surface area contributed by atoms with Gasteiger partial charge < -0.3 is 4.42 Å². The van der Waals surface area contributed by atoms with Gasteiger partial charge in [0.15, 0.2) is 17.5 Å². The standard InChI is InChI=1S/C36H29N3OSi/c1-41(2,3)32-16-10-15-30-29-22-21-28(23-31(29)40-33(30)32)24-17-19-27(20-18-24)36-38-34(25-11-6-4-7-12-25)37-35(39-36)26-13-8-5-9-14-26/h4-23H,1-3H3. The highest BCUT2D eigenvalue weighted by Crippen LogP contribution is 2.33. The highest BCUT2D eigenvalue weighted by molar-refractivity contribution is 6.90. The van der Waals surface area contributed by atoms with Crippen LogP contribution in [-0.4, -0.2) is 23.0 Å². The number of rotatable bonds is 5. The normalized spacial score (nSPS) is 11.8. The molecular weight excluding hydrogens is 519 g/mol. The molecule has 0 N–H and O–H groups in total. The van der Waals surface area contributed by atoms with E-state index in [1.165, 1.54) is 10.6 Å². The summed E-state index contributed by atoms with van der Waals surface area (Å²) in [6.07, 6.45) is 0. The molecular formula is C36H29N3OSi. The summed E-state index contributed by atoms with van der Waals surface area (Å²) in [5.41, 5.74) is 7.04. The Labute approximate surface area is 240 Å². The molecule has 0 unspecified atom stereocenters. The van der Waals surface area contributed by atoms with Gasteiger partial charge in [-0.05, 0) is 28.4 Å². The maximum Gasteiger partial charge on any atom is 0.164 e. The van der Waals surface area contributed by atoms with Gasteiger partial charge in [-0.1, -0.05) is 129 Å². The van der Waals surface area contributed by atoms with Gasteiger partial charge in [-0.25, -0.2) is 15.0 Å². The highest BCUT2D eigenvalue weighted by Gasteiger charge is 2.22. The topological polar surface area (TPSA) is 51.8 Å². The lowest BCUT2D eigenvalue weighted by Crippen LogP contribution is -2.37. The van der Waals surface area contributed by atoms with Crippen LogP contribution >= 0.6 is 0 Å². The van der Waals surface area contributed by atoms with Gasteiger partial charge >= 0.3 is 0 Å². The van der Waals surface area contributed by atoms with Crippen molar-refractivity contribution in [1.82, 2.24) is 15.0 Å². The zero-order chi connectivity index (χ0) is 28.0. The predicted molar refractivity (Wildman–Crippen MR) is 172 cm³/mol. The fourth-order valence-corrected chi connectivity index (χ4v) is 6.78. The molecule has 0 amide bonds. The molecule has 7 rings (SSSR count). The van der Waals surface area contributed by atoms with Crippen LogP contribution in [0.25, 0.3) is 67.2 Å². The Hall–Kier alpha value is -4.87. The first-order valence-electron chi connectivity index (χ1n) is 13.9. The molecule has 0 atom stereocenters. The Morgan fingerprint density at radius 1 is 0.463 bits per heavy atom. The second kappa shape index (κ2) is 9.95. The van der Waals surface area contributed by atoms with Gasteiger partial charge in [0.1, 0.15) is 11.2 Å². The number of furan rings is 1. The number of benzene rings is 5. The predicted octanol–water partition coefficient (Wildman–Crippen LogP) is 8.98. The minimum absolute atomic E-state index is 0.649. The zero-order valence-corrected chi connectivity index (χ0v) is 24.3. The van der Waals surface area contributed by atoms with E-state index in [-0.39, 0.29) is 0 Å². The molecule has 0 aliphatic carbocycles. The maximum atomic E-state index is 6.48.